The van der Waals surface area contributed by atoms with Gasteiger partial charge in [-0.3, -0.25) is 0 Å². The van der Waals surface area contributed by atoms with Crippen molar-refractivity contribution in [2.75, 3.05) is 19.0 Å². The Labute approximate surface area is 102 Å². The highest BCUT2D eigenvalue weighted by Gasteiger charge is 2.09. The molecule has 0 aliphatic rings. The summed E-state index contributed by atoms with van der Waals surface area (Å²) >= 11 is 3.19. The highest BCUT2D eigenvalue weighted by Crippen LogP contribution is 2.29. The van der Waals surface area contributed by atoms with Crippen molar-refractivity contribution >= 4 is 28.2 Å². The van der Waals surface area contributed by atoms with Gasteiger partial charge in [-0.1, -0.05) is 23.1 Å². The van der Waals surface area contributed by atoms with Crippen LogP contribution in [0, 0.1) is 6.92 Å². The molecule has 0 radical (unpaired) electrons. The molecule has 86 valence electrons. The van der Waals surface area contributed by atoms with Gasteiger partial charge in [0.15, 0.2) is 10.7 Å². The zero-order valence-electron chi connectivity index (χ0n) is 9.30. The second-order valence-electron chi connectivity index (χ2n) is 3.39. The Bertz CT molecular complexity index is 466. The molecule has 0 saturated carbocycles. The summed E-state index contributed by atoms with van der Waals surface area (Å²) in [7, 11) is 3.91. The van der Waals surface area contributed by atoms with Gasteiger partial charge in [0.25, 0.3) is 0 Å². The molecule has 0 unspecified atom stereocenters. The Hall–Kier alpha value is -1.08. The number of hydrogen-bond donors (Lipinski definition) is 0. The molecule has 0 saturated heterocycles. The van der Waals surface area contributed by atoms with E-state index >= 15 is 0 Å². The minimum atomic E-state index is 0.744. The molecule has 0 bridgehead atoms. The van der Waals surface area contributed by atoms with Gasteiger partial charge in [0, 0.05) is 14.1 Å². The van der Waals surface area contributed by atoms with Crippen molar-refractivity contribution in [3.05, 3.63) is 17.8 Å². The summed E-state index contributed by atoms with van der Waals surface area (Å²) in [4.78, 5) is 5.99. The number of anilines is 1. The Morgan fingerprint density at radius 1 is 1.44 bits per heavy atom. The molecular weight excluding hydrogens is 244 g/mol. The summed E-state index contributed by atoms with van der Waals surface area (Å²) in [5.41, 5.74) is 0.935. The standard InChI is InChI=1S/C9H12N4OS2/c1-6-7(14-5-10-6)4-15-9-12-11-8(16-9)13(2)3/h5H,4H2,1-3H3. The molecule has 5 nitrogen and oxygen atoms in total. The predicted octanol–water partition coefficient (Wildman–Crippen LogP) is 2.19. The van der Waals surface area contributed by atoms with Crippen LogP contribution in [0.2, 0.25) is 0 Å². The lowest BCUT2D eigenvalue weighted by atomic mass is 10.4. The van der Waals surface area contributed by atoms with Gasteiger partial charge in [-0.2, -0.15) is 0 Å². The molecule has 0 aliphatic carbocycles. The van der Waals surface area contributed by atoms with Crippen LogP contribution < -0.4 is 4.90 Å². The number of oxazole rings is 1. The van der Waals surface area contributed by atoms with Gasteiger partial charge in [-0.05, 0) is 6.92 Å². The topological polar surface area (TPSA) is 55.1 Å². The van der Waals surface area contributed by atoms with Crippen LogP contribution >= 0.6 is 23.1 Å². The molecule has 0 aromatic carbocycles. The second kappa shape index (κ2) is 4.84. The van der Waals surface area contributed by atoms with Crippen LogP contribution in [-0.2, 0) is 5.75 Å². The van der Waals surface area contributed by atoms with Crippen LogP contribution in [0.5, 0.6) is 0 Å². The first-order chi connectivity index (χ1) is 7.66. The van der Waals surface area contributed by atoms with Crippen LogP contribution in [0.25, 0.3) is 0 Å². The van der Waals surface area contributed by atoms with Gasteiger partial charge < -0.3 is 9.32 Å². The third-order valence-electron chi connectivity index (χ3n) is 1.95. The summed E-state index contributed by atoms with van der Waals surface area (Å²) in [6, 6.07) is 0. The van der Waals surface area contributed by atoms with E-state index in [9.17, 15) is 0 Å². The van der Waals surface area contributed by atoms with Gasteiger partial charge in [-0.25, -0.2) is 4.98 Å². The third-order valence-corrected chi connectivity index (χ3v) is 4.17. The lowest BCUT2D eigenvalue weighted by molar-refractivity contribution is 0.521. The van der Waals surface area contributed by atoms with Crippen LogP contribution in [0.3, 0.4) is 0 Å². The van der Waals surface area contributed by atoms with Crippen molar-refractivity contribution in [1.29, 1.82) is 0 Å². The van der Waals surface area contributed by atoms with E-state index < -0.39 is 0 Å². The molecule has 0 aliphatic heterocycles. The van der Waals surface area contributed by atoms with Crippen LogP contribution in [0.4, 0.5) is 5.13 Å². The minimum absolute atomic E-state index is 0.744. The Balaban J connectivity index is 1.97. The zero-order chi connectivity index (χ0) is 11.5. The number of rotatable bonds is 4. The lowest BCUT2D eigenvalue weighted by Crippen LogP contribution is -2.07. The first-order valence-corrected chi connectivity index (χ1v) is 6.49. The molecule has 2 aromatic heterocycles. The van der Waals surface area contributed by atoms with Crippen molar-refractivity contribution in [2.24, 2.45) is 0 Å². The summed E-state index contributed by atoms with van der Waals surface area (Å²) in [5.74, 6) is 1.64. The number of aryl methyl sites for hydroxylation is 1. The largest absolute Gasteiger partial charge is 0.447 e. The molecule has 2 aromatic rings. The Kier molecular flexibility index (Phi) is 3.45. The average Bonchev–Trinajstić information content (AvgIpc) is 2.83. The fourth-order valence-electron chi connectivity index (χ4n) is 1.03. The Morgan fingerprint density at radius 2 is 2.25 bits per heavy atom. The number of thioether (sulfide) groups is 1. The smallest absolute Gasteiger partial charge is 0.208 e. The second-order valence-corrected chi connectivity index (χ2v) is 5.57. The van der Waals surface area contributed by atoms with Gasteiger partial charge in [0.2, 0.25) is 5.13 Å². The van der Waals surface area contributed by atoms with E-state index in [0.29, 0.717) is 0 Å². The highest BCUT2D eigenvalue weighted by molar-refractivity contribution is 8.00. The first kappa shape index (κ1) is 11.4. The summed E-state index contributed by atoms with van der Waals surface area (Å²) in [6.07, 6.45) is 1.47. The lowest BCUT2D eigenvalue weighted by Gasteiger charge is -2.03. The molecule has 0 amide bonds. The van der Waals surface area contributed by atoms with Crippen molar-refractivity contribution in [2.45, 2.75) is 17.0 Å². The molecule has 2 heterocycles. The maximum absolute atomic E-state index is 5.25. The fourth-order valence-corrected chi connectivity index (χ4v) is 2.80. The third kappa shape index (κ3) is 2.53. The number of hydrogen-bond acceptors (Lipinski definition) is 7. The average molecular weight is 256 g/mol. The van der Waals surface area contributed by atoms with Crippen LogP contribution in [-0.4, -0.2) is 29.3 Å². The van der Waals surface area contributed by atoms with Crippen molar-refractivity contribution < 1.29 is 4.42 Å². The zero-order valence-corrected chi connectivity index (χ0v) is 10.9. The van der Waals surface area contributed by atoms with Crippen molar-refractivity contribution in [3.8, 4) is 0 Å². The van der Waals surface area contributed by atoms with E-state index in [-0.39, 0.29) is 0 Å². The molecule has 16 heavy (non-hydrogen) atoms. The highest BCUT2D eigenvalue weighted by atomic mass is 32.2. The maximum Gasteiger partial charge on any atom is 0.208 e. The SMILES string of the molecule is Cc1ncoc1CSc1nnc(N(C)C)s1. The van der Waals surface area contributed by atoms with Gasteiger partial charge in [0.05, 0.1) is 11.4 Å². The molecule has 7 heteroatoms. The molecule has 0 atom stereocenters. The van der Waals surface area contributed by atoms with E-state index in [1.54, 1.807) is 23.1 Å². The van der Waals surface area contributed by atoms with Crippen LogP contribution in [0.15, 0.2) is 15.2 Å². The van der Waals surface area contributed by atoms with Gasteiger partial charge >= 0.3 is 0 Å². The van der Waals surface area contributed by atoms with E-state index in [0.717, 1.165) is 26.7 Å². The van der Waals surface area contributed by atoms with E-state index in [1.165, 1.54) is 6.39 Å². The molecular formula is C9H12N4OS2. The molecule has 0 N–H and O–H groups in total. The maximum atomic E-state index is 5.25. The quantitative estimate of drug-likeness (QED) is 0.782. The van der Waals surface area contributed by atoms with Crippen molar-refractivity contribution in [1.82, 2.24) is 15.2 Å². The van der Waals surface area contributed by atoms with E-state index in [4.69, 9.17) is 4.42 Å². The summed E-state index contributed by atoms with van der Waals surface area (Å²) in [6.45, 7) is 1.94. The number of nitrogens with zero attached hydrogens (tertiary/aromatic N) is 4. The Morgan fingerprint density at radius 3 is 2.81 bits per heavy atom. The van der Waals surface area contributed by atoms with Crippen molar-refractivity contribution in [3.63, 3.8) is 0 Å². The molecule has 0 fully saturated rings. The molecule has 0 spiro atoms. The summed E-state index contributed by atoms with van der Waals surface area (Å²) < 4.78 is 6.20. The van der Waals surface area contributed by atoms with Crippen LogP contribution in [0.1, 0.15) is 11.5 Å². The summed E-state index contributed by atoms with van der Waals surface area (Å²) in [5, 5.41) is 9.07. The van der Waals surface area contributed by atoms with Gasteiger partial charge in [-0.15, -0.1) is 10.2 Å². The fraction of sp³-hybridized carbons (Fsp3) is 0.444. The predicted molar refractivity (Wildman–Crippen MR) is 65.0 cm³/mol. The normalized spacial score (nSPS) is 10.7. The van der Waals surface area contributed by atoms with E-state index in [2.05, 4.69) is 15.2 Å². The molecule has 2 rings (SSSR count). The minimum Gasteiger partial charge on any atom is -0.447 e. The van der Waals surface area contributed by atoms with E-state index in [1.807, 2.05) is 25.9 Å². The monoisotopic (exact) mass is 256 g/mol. The van der Waals surface area contributed by atoms with Gasteiger partial charge in [0.1, 0.15) is 5.76 Å². The number of aromatic nitrogens is 3. The first-order valence-electron chi connectivity index (χ1n) is 4.69.